The monoisotopic (exact) mass is 194 g/mol. The molecular weight excluding hydrogens is 184 g/mol. The summed E-state index contributed by atoms with van der Waals surface area (Å²) in [5, 5.41) is 20.8. The van der Waals surface area contributed by atoms with Crippen molar-refractivity contribution in [3.63, 3.8) is 0 Å². The van der Waals surface area contributed by atoms with E-state index in [1.807, 2.05) is 0 Å². The zero-order valence-electron chi connectivity index (χ0n) is 7.34. The van der Waals surface area contributed by atoms with Crippen LogP contribution in [0.3, 0.4) is 0 Å². The highest BCUT2D eigenvalue weighted by Crippen LogP contribution is 2.10. The number of hydrazone groups is 1. The molecule has 0 aliphatic heterocycles. The summed E-state index contributed by atoms with van der Waals surface area (Å²) in [4.78, 5) is 10.5. The maximum atomic E-state index is 10.5. The molecule has 0 spiro atoms. The summed E-state index contributed by atoms with van der Waals surface area (Å²) in [5.74, 6) is 3.91. The number of rotatable bonds is 3. The molecule has 0 heterocycles. The van der Waals surface area contributed by atoms with E-state index in [4.69, 9.17) is 16.1 Å². The number of aromatic hydroxyl groups is 1. The molecule has 0 saturated heterocycles. The quantitative estimate of drug-likeness (QED) is 0.367. The predicted octanol–water partition coefficient (Wildman–Crippen LogP) is 0.334. The Morgan fingerprint density at radius 2 is 1.93 bits per heavy atom. The van der Waals surface area contributed by atoms with E-state index in [0.29, 0.717) is 0 Å². The van der Waals surface area contributed by atoms with Crippen LogP contribution in [0.1, 0.15) is 5.56 Å². The van der Waals surface area contributed by atoms with Crippen molar-refractivity contribution in [1.29, 1.82) is 0 Å². The van der Waals surface area contributed by atoms with Crippen LogP contribution >= 0.6 is 0 Å². The molecule has 0 aliphatic carbocycles. The molecule has 0 saturated carbocycles. The Morgan fingerprint density at radius 3 is 2.36 bits per heavy atom. The van der Waals surface area contributed by atoms with E-state index in [1.54, 1.807) is 12.1 Å². The van der Waals surface area contributed by atoms with Crippen LogP contribution in [0.5, 0.6) is 5.75 Å². The molecular formula is C9H10N2O3. The van der Waals surface area contributed by atoms with Gasteiger partial charge in [0.05, 0.1) is 0 Å². The Hall–Kier alpha value is -2.04. The number of nitrogens with two attached hydrogens (primary N) is 1. The van der Waals surface area contributed by atoms with Gasteiger partial charge in [0, 0.05) is 6.42 Å². The molecule has 14 heavy (non-hydrogen) atoms. The smallest absolute Gasteiger partial charge is 0.352 e. The highest BCUT2D eigenvalue weighted by molar-refractivity contribution is 6.36. The Labute approximate surface area is 80.5 Å². The number of carboxylic acid groups (broad SMARTS) is 1. The lowest BCUT2D eigenvalue weighted by Gasteiger charge is -2.00. The minimum atomic E-state index is -1.14. The number of hydrogen-bond donors (Lipinski definition) is 3. The van der Waals surface area contributed by atoms with E-state index >= 15 is 0 Å². The van der Waals surface area contributed by atoms with Crippen molar-refractivity contribution in [3.05, 3.63) is 29.8 Å². The van der Waals surface area contributed by atoms with E-state index in [0.717, 1.165) is 5.56 Å². The first-order chi connectivity index (χ1) is 6.63. The molecule has 0 amide bonds. The summed E-state index contributed by atoms with van der Waals surface area (Å²) in [5.41, 5.74) is 0.616. The fourth-order valence-corrected chi connectivity index (χ4v) is 0.984. The van der Waals surface area contributed by atoms with Crippen molar-refractivity contribution in [2.75, 3.05) is 0 Å². The Morgan fingerprint density at radius 1 is 1.36 bits per heavy atom. The normalized spacial score (nSPS) is 11.3. The van der Waals surface area contributed by atoms with E-state index in [1.165, 1.54) is 12.1 Å². The van der Waals surface area contributed by atoms with Gasteiger partial charge in [0.15, 0.2) is 0 Å². The van der Waals surface area contributed by atoms with E-state index in [2.05, 4.69) is 5.10 Å². The fourth-order valence-electron chi connectivity index (χ4n) is 0.984. The molecule has 0 aromatic heterocycles. The van der Waals surface area contributed by atoms with Crippen LogP contribution in [-0.2, 0) is 11.2 Å². The SMILES string of the molecule is N/N=C(/Cc1ccc(O)cc1)C(=O)O. The second-order valence-corrected chi connectivity index (χ2v) is 2.72. The predicted molar refractivity (Wildman–Crippen MR) is 51.1 cm³/mol. The summed E-state index contributed by atoms with van der Waals surface area (Å²) >= 11 is 0. The molecule has 74 valence electrons. The standard InChI is InChI=1S/C9H10N2O3/c10-11-8(9(13)14)5-6-1-3-7(12)4-2-6/h1-4,12H,5,10H2,(H,13,14)/b11-8-. The highest BCUT2D eigenvalue weighted by atomic mass is 16.4. The number of benzene rings is 1. The number of phenols is 1. The molecule has 0 bridgehead atoms. The minimum Gasteiger partial charge on any atom is -0.508 e. The Balaban J connectivity index is 2.78. The number of carbonyl (C=O) groups is 1. The average molecular weight is 194 g/mol. The van der Waals surface area contributed by atoms with Gasteiger partial charge in [-0.1, -0.05) is 12.1 Å². The molecule has 0 radical (unpaired) electrons. The van der Waals surface area contributed by atoms with Gasteiger partial charge < -0.3 is 16.1 Å². The first kappa shape index (κ1) is 10.0. The Bertz CT molecular complexity index is 357. The molecule has 1 aromatic carbocycles. The van der Waals surface area contributed by atoms with Crippen molar-refractivity contribution >= 4 is 11.7 Å². The fraction of sp³-hybridized carbons (Fsp3) is 0.111. The van der Waals surface area contributed by atoms with E-state index < -0.39 is 5.97 Å². The summed E-state index contributed by atoms with van der Waals surface area (Å²) < 4.78 is 0. The van der Waals surface area contributed by atoms with Crippen LogP contribution in [-0.4, -0.2) is 21.9 Å². The molecule has 0 aliphatic rings. The second-order valence-electron chi connectivity index (χ2n) is 2.72. The number of carboxylic acids is 1. The van der Waals surface area contributed by atoms with Crippen LogP contribution in [0.4, 0.5) is 0 Å². The van der Waals surface area contributed by atoms with Crippen molar-refractivity contribution in [1.82, 2.24) is 0 Å². The summed E-state index contributed by atoms with van der Waals surface area (Å²) in [6.07, 6.45) is 0.145. The second kappa shape index (κ2) is 4.27. The van der Waals surface area contributed by atoms with Crippen LogP contribution in [0.25, 0.3) is 0 Å². The zero-order valence-corrected chi connectivity index (χ0v) is 7.34. The van der Waals surface area contributed by atoms with Crippen molar-refractivity contribution in [2.45, 2.75) is 6.42 Å². The van der Waals surface area contributed by atoms with Gasteiger partial charge in [-0.05, 0) is 17.7 Å². The van der Waals surface area contributed by atoms with Gasteiger partial charge >= 0.3 is 5.97 Å². The topological polar surface area (TPSA) is 95.9 Å². The van der Waals surface area contributed by atoms with Crippen LogP contribution in [0, 0.1) is 0 Å². The highest BCUT2D eigenvalue weighted by Gasteiger charge is 2.09. The van der Waals surface area contributed by atoms with E-state index in [-0.39, 0.29) is 17.9 Å². The molecule has 0 atom stereocenters. The molecule has 4 N–H and O–H groups in total. The summed E-state index contributed by atoms with van der Waals surface area (Å²) in [6, 6.07) is 6.18. The van der Waals surface area contributed by atoms with Crippen LogP contribution in [0.15, 0.2) is 29.4 Å². The van der Waals surface area contributed by atoms with Gasteiger partial charge in [-0.3, -0.25) is 0 Å². The molecule has 0 unspecified atom stereocenters. The maximum absolute atomic E-state index is 10.5. The van der Waals surface area contributed by atoms with Gasteiger partial charge in [0.1, 0.15) is 11.5 Å². The molecule has 5 nitrogen and oxygen atoms in total. The number of phenolic OH excluding ortho intramolecular Hbond substituents is 1. The largest absolute Gasteiger partial charge is 0.508 e. The van der Waals surface area contributed by atoms with Crippen LogP contribution in [0.2, 0.25) is 0 Å². The number of hydrogen-bond acceptors (Lipinski definition) is 4. The first-order valence-corrected chi connectivity index (χ1v) is 3.91. The van der Waals surface area contributed by atoms with Gasteiger partial charge in [-0.25, -0.2) is 4.79 Å². The van der Waals surface area contributed by atoms with Gasteiger partial charge in [0.25, 0.3) is 0 Å². The van der Waals surface area contributed by atoms with Crippen molar-refractivity contribution in [3.8, 4) is 5.75 Å². The number of aliphatic carboxylic acids is 1. The van der Waals surface area contributed by atoms with Crippen molar-refractivity contribution in [2.24, 2.45) is 10.9 Å². The third kappa shape index (κ3) is 2.48. The zero-order chi connectivity index (χ0) is 10.6. The summed E-state index contributed by atoms with van der Waals surface area (Å²) in [6.45, 7) is 0. The van der Waals surface area contributed by atoms with Crippen LogP contribution < -0.4 is 5.84 Å². The van der Waals surface area contributed by atoms with E-state index in [9.17, 15) is 4.79 Å². The number of nitrogens with zero attached hydrogens (tertiary/aromatic N) is 1. The van der Waals surface area contributed by atoms with Gasteiger partial charge in [-0.2, -0.15) is 5.10 Å². The lowest BCUT2D eigenvalue weighted by atomic mass is 10.1. The lowest BCUT2D eigenvalue weighted by molar-refractivity contribution is -0.129. The molecule has 0 fully saturated rings. The third-order valence-electron chi connectivity index (χ3n) is 1.71. The maximum Gasteiger partial charge on any atom is 0.352 e. The first-order valence-electron chi connectivity index (χ1n) is 3.91. The molecule has 5 heteroatoms. The Kier molecular flexibility index (Phi) is 3.06. The molecule has 1 aromatic rings. The molecule has 1 rings (SSSR count). The lowest BCUT2D eigenvalue weighted by Crippen LogP contribution is -2.17. The summed E-state index contributed by atoms with van der Waals surface area (Å²) in [7, 11) is 0. The van der Waals surface area contributed by atoms with Gasteiger partial charge in [0.2, 0.25) is 0 Å². The minimum absolute atomic E-state index is 0.115. The van der Waals surface area contributed by atoms with Crippen molar-refractivity contribution < 1.29 is 15.0 Å². The van der Waals surface area contributed by atoms with Gasteiger partial charge in [-0.15, -0.1) is 0 Å². The average Bonchev–Trinajstić information content (AvgIpc) is 2.16. The third-order valence-corrected chi connectivity index (χ3v) is 1.71.